The fourth-order valence-electron chi connectivity index (χ4n) is 2.29. The first-order valence-corrected chi connectivity index (χ1v) is 7.09. The Bertz CT molecular complexity index is 641. The van der Waals surface area contributed by atoms with E-state index in [1.54, 1.807) is 7.11 Å². The Morgan fingerprint density at radius 2 is 1.90 bits per heavy atom. The summed E-state index contributed by atoms with van der Waals surface area (Å²) in [6.45, 7) is 4.19. The normalized spacial score (nSPS) is 11.5. The second-order valence-corrected chi connectivity index (χ2v) is 5.02. The van der Waals surface area contributed by atoms with E-state index in [0.29, 0.717) is 5.56 Å². The Morgan fingerprint density at radius 1 is 1.19 bits per heavy atom. The molecule has 0 bridgehead atoms. The van der Waals surface area contributed by atoms with E-state index in [2.05, 4.69) is 30.4 Å². The SMILES string of the molecule is CCC(Nc1cc(C#N)ccc1C)c1ccc(OC)cc1. The van der Waals surface area contributed by atoms with Crippen molar-refractivity contribution in [1.82, 2.24) is 0 Å². The number of nitrogens with one attached hydrogen (secondary N) is 1. The van der Waals surface area contributed by atoms with Crippen LogP contribution in [0, 0.1) is 18.3 Å². The summed E-state index contributed by atoms with van der Waals surface area (Å²) in [6.07, 6.45) is 0.961. The van der Waals surface area contributed by atoms with Crippen molar-refractivity contribution in [3.05, 3.63) is 59.2 Å². The lowest BCUT2D eigenvalue weighted by atomic mass is 10.0. The number of methoxy groups -OCH3 is 1. The van der Waals surface area contributed by atoms with E-state index in [9.17, 15) is 0 Å². The third-order valence-electron chi connectivity index (χ3n) is 3.62. The van der Waals surface area contributed by atoms with Crippen LogP contribution in [0.3, 0.4) is 0 Å². The quantitative estimate of drug-likeness (QED) is 0.880. The number of hydrogen-bond acceptors (Lipinski definition) is 3. The van der Waals surface area contributed by atoms with E-state index in [4.69, 9.17) is 10.00 Å². The minimum absolute atomic E-state index is 0.212. The molecule has 21 heavy (non-hydrogen) atoms. The molecule has 108 valence electrons. The lowest BCUT2D eigenvalue weighted by molar-refractivity contribution is 0.414. The number of aryl methyl sites for hydroxylation is 1. The third-order valence-corrected chi connectivity index (χ3v) is 3.62. The van der Waals surface area contributed by atoms with Crippen LogP contribution >= 0.6 is 0 Å². The summed E-state index contributed by atoms with van der Waals surface area (Å²) >= 11 is 0. The first-order valence-electron chi connectivity index (χ1n) is 7.09. The minimum atomic E-state index is 0.212. The molecular formula is C18H20N2O. The van der Waals surface area contributed by atoms with Gasteiger partial charge in [-0.25, -0.2) is 0 Å². The zero-order chi connectivity index (χ0) is 15.2. The van der Waals surface area contributed by atoms with Gasteiger partial charge in [-0.3, -0.25) is 0 Å². The summed E-state index contributed by atoms with van der Waals surface area (Å²) < 4.78 is 5.19. The maximum absolute atomic E-state index is 9.03. The summed E-state index contributed by atoms with van der Waals surface area (Å²) in [7, 11) is 1.67. The fraction of sp³-hybridized carbons (Fsp3) is 0.278. The van der Waals surface area contributed by atoms with Gasteiger partial charge in [0.2, 0.25) is 0 Å². The summed E-state index contributed by atoms with van der Waals surface area (Å²) in [6, 6.07) is 16.2. The van der Waals surface area contributed by atoms with Gasteiger partial charge in [-0.05, 0) is 48.7 Å². The molecule has 1 unspecified atom stereocenters. The van der Waals surface area contributed by atoms with Gasteiger partial charge in [-0.1, -0.05) is 25.1 Å². The molecule has 2 aromatic rings. The largest absolute Gasteiger partial charge is 0.497 e. The summed E-state index contributed by atoms with van der Waals surface area (Å²) in [5.41, 5.74) is 4.03. The molecule has 0 aliphatic heterocycles. The number of nitrogens with zero attached hydrogens (tertiary/aromatic N) is 1. The maximum Gasteiger partial charge on any atom is 0.118 e. The molecule has 3 heteroatoms. The van der Waals surface area contributed by atoms with E-state index in [1.807, 2.05) is 37.3 Å². The van der Waals surface area contributed by atoms with Crippen LogP contribution < -0.4 is 10.1 Å². The van der Waals surface area contributed by atoms with Crippen molar-refractivity contribution >= 4 is 5.69 Å². The van der Waals surface area contributed by atoms with E-state index >= 15 is 0 Å². The van der Waals surface area contributed by atoms with Gasteiger partial charge in [-0.15, -0.1) is 0 Å². The van der Waals surface area contributed by atoms with Crippen molar-refractivity contribution in [2.24, 2.45) is 0 Å². The lowest BCUT2D eigenvalue weighted by Crippen LogP contribution is -2.10. The predicted octanol–water partition coefficient (Wildman–Crippen LogP) is 4.44. The Morgan fingerprint density at radius 3 is 2.48 bits per heavy atom. The van der Waals surface area contributed by atoms with Crippen LogP contribution in [0.1, 0.15) is 36.1 Å². The molecule has 0 aromatic heterocycles. The molecule has 0 saturated carbocycles. The van der Waals surface area contributed by atoms with Crippen LogP contribution in [0.5, 0.6) is 5.75 Å². The zero-order valence-electron chi connectivity index (χ0n) is 12.7. The molecule has 1 N–H and O–H groups in total. The Hall–Kier alpha value is -2.47. The van der Waals surface area contributed by atoms with E-state index in [0.717, 1.165) is 23.4 Å². The summed E-state index contributed by atoms with van der Waals surface area (Å²) in [5, 5.41) is 12.6. The van der Waals surface area contributed by atoms with E-state index in [-0.39, 0.29) is 6.04 Å². The van der Waals surface area contributed by atoms with Crippen LogP contribution in [-0.4, -0.2) is 7.11 Å². The van der Waals surface area contributed by atoms with Crippen LogP contribution in [-0.2, 0) is 0 Å². The molecule has 0 amide bonds. The first kappa shape index (κ1) is 14.9. The molecule has 0 radical (unpaired) electrons. The monoisotopic (exact) mass is 280 g/mol. The molecule has 0 aliphatic rings. The topological polar surface area (TPSA) is 45.0 Å². The molecule has 0 fully saturated rings. The highest BCUT2D eigenvalue weighted by molar-refractivity contribution is 5.56. The fourth-order valence-corrected chi connectivity index (χ4v) is 2.29. The molecule has 0 aliphatic carbocycles. The molecule has 2 aromatic carbocycles. The number of hydrogen-bond donors (Lipinski definition) is 1. The predicted molar refractivity (Wildman–Crippen MR) is 85.5 cm³/mol. The second-order valence-electron chi connectivity index (χ2n) is 5.02. The van der Waals surface area contributed by atoms with Gasteiger partial charge in [0.1, 0.15) is 5.75 Å². The van der Waals surface area contributed by atoms with E-state index in [1.165, 1.54) is 5.56 Å². The van der Waals surface area contributed by atoms with E-state index < -0.39 is 0 Å². The van der Waals surface area contributed by atoms with Gasteiger partial charge in [0.15, 0.2) is 0 Å². The van der Waals surface area contributed by atoms with Crippen molar-refractivity contribution in [3.63, 3.8) is 0 Å². The van der Waals surface area contributed by atoms with Gasteiger partial charge in [0.05, 0.1) is 24.8 Å². The number of nitriles is 1. The van der Waals surface area contributed by atoms with Crippen LogP contribution in [0.4, 0.5) is 5.69 Å². The highest BCUT2D eigenvalue weighted by Crippen LogP contribution is 2.26. The highest BCUT2D eigenvalue weighted by atomic mass is 16.5. The van der Waals surface area contributed by atoms with Gasteiger partial charge >= 0.3 is 0 Å². The third kappa shape index (κ3) is 3.55. The Labute approximate surface area is 126 Å². The van der Waals surface area contributed by atoms with Gasteiger partial charge in [-0.2, -0.15) is 5.26 Å². The average Bonchev–Trinajstić information content (AvgIpc) is 2.54. The highest BCUT2D eigenvalue weighted by Gasteiger charge is 2.11. The smallest absolute Gasteiger partial charge is 0.118 e. The zero-order valence-corrected chi connectivity index (χ0v) is 12.7. The first-order chi connectivity index (χ1) is 10.2. The maximum atomic E-state index is 9.03. The molecule has 0 spiro atoms. The summed E-state index contributed by atoms with van der Waals surface area (Å²) in [4.78, 5) is 0. The summed E-state index contributed by atoms with van der Waals surface area (Å²) in [5.74, 6) is 0.858. The Balaban J connectivity index is 2.24. The van der Waals surface area contributed by atoms with Gasteiger partial charge < -0.3 is 10.1 Å². The Kier molecular flexibility index (Phi) is 4.84. The molecule has 2 rings (SSSR count). The molecule has 0 saturated heterocycles. The molecule has 0 heterocycles. The number of benzene rings is 2. The molecular weight excluding hydrogens is 260 g/mol. The van der Waals surface area contributed by atoms with Gasteiger partial charge in [0.25, 0.3) is 0 Å². The minimum Gasteiger partial charge on any atom is -0.497 e. The molecule has 1 atom stereocenters. The number of rotatable bonds is 5. The van der Waals surface area contributed by atoms with Crippen molar-refractivity contribution in [1.29, 1.82) is 5.26 Å². The van der Waals surface area contributed by atoms with Crippen LogP contribution in [0.25, 0.3) is 0 Å². The van der Waals surface area contributed by atoms with Crippen LogP contribution in [0.15, 0.2) is 42.5 Å². The van der Waals surface area contributed by atoms with Gasteiger partial charge in [0, 0.05) is 5.69 Å². The van der Waals surface area contributed by atoms with Crippen molar-refractivity contribution in [2.45, 2.75) is 26.3 Å². The van der Waals surface area contributed by atoms with Crippen molar-refractivity contribution < 1.29 is 4.74 Å². The number of anilines is 1. The standard InChI is InChI=1S/C18H20N2O/c1-4-17(15-7-9-16(21-3)10-8-15)20-18-11-14(12-19)6-5-13(18)2/h5-11,17,20H,4H2,1-3H3. The number of ether oxygens (including phenoxy) is 1. The lowest BCUT2D eigenvalue weighted by Gasteiger charge is -2.20. The van der Waals surface area contributed by atoms with Crippen LogP contribution in [0.2, 0.25) is 0 Å². The average molecular weight is 280 g/mol. The van der Waals surface area contributed by atoms with Crippen molar-refractivity contribution in [3.8, 4) is 11.8 Å². The van der Waals surface area contributed by atoms with Crippen molar-refractivity contribution in [2.75, 3.05) is 12.4 Å². The molecule has 3 nitrogen and oxygen atoms in total. The second kappa shape index (κ2) is 6.81.